The van der Waals surface area contributed by atoms with Gasteiger partial charge in [-0.1, -0.05) is 22.3 Å². The van der Waals surface area contributed by atoms with Crippen LogP contribution >= 0.6 is 0 Å². The van der Waals surface area contributed by atoms with Crippen LogP contribution in [0.25, 0.3) is 0 Å². The molecule has 0 saturated heterocycles. The van der Waals surface area contributed by atoms with Gasteiger partial charge in [0.15, 0.2) is 0 Å². The molecule has 0 aliphatic heterocycles. The van der Waals surface area contributed by atoms with Crippen LogP contribution in [0.4, 0.5) is 4.39 Å². The molecule has 5 nitrogen and oxygen atoms in total. The standard InChI is InChI=1S/C16H25NO2.C15H22FNO.3CH4/c1-15(2,3)17(16(4,5)6)14(18)12-8-10-13(19-7)11-9-12;1-14(2,3)17(15(4,5)6)13(18)11-7-9-12(16)10-8-11;;;/h8-11H,1-7H3;7-10H,1-6H3;3*1H4. The summed E-state index contributed by atoms with van der Waals surface area (Å²) < 4.78 is 18.0. The molecular formula is C34H59FN2O3. The summed E-state index contributed by atoms with van der Waals surface area (Å²) in [6.45, 7) is 24.3. The van der Waals surface area contributed by atoms with Gasteiger partial charge in [-0.25, -0.2) is 4.39 Å². The maximum absolute atomic E-state index is 12.9. The Labute approximate surface area is 246 Å². The Hall–Kier alpha value is -2.89. The maximum Gasteiger partial charge on any atom is 0.254 e. The van der Waals surface area contributed by atoms with Gasteiger partial charge in [-0.2, -0.15) is 0 Å². The van der Waals surface area contributed by atoms with Crippen LogP contribution < -0.4 is 4.74 Å². The third-order valence-corrected chi connectivity index (χ3v) is 5.52. The number of hydrogen-bond acceptors (Lipinski definition) is 3. The molecule has 0 saturated carbocycles. The Morgan fingerprint density at radius 3 is 1.02 bits per heavy atom. The summed E-state index contributed by atoms with van der Waals surface area (Å²) in [5, 5.41) is 0. The highest BCUT2D eigenvalue weighted by Crippen LogP contribution is 2.28. The number of amides is 2. The molecule has 0 spiro atoms. The van der Waals surface area contributed by atoms with Crippen molar-refractivity contribution in [3.8, 4) is 5.75 Å². The van der Waals surface area contributed by atoms with Crippen molar-refractivity contribution in [3.63, 3.8) is 0 Å². The fourth-order valence-corrected chi connectivity index (χ4v) is 4.82. The number of benzene rings is 2. The van der Waals surface area contributed by atoms with Gasteiger partial charge in [0.2, 0.25) is 0 Å². The molecule has 0 bridgehead atoms. The van der Waals surface area contributed by atoms with Crippen molar-refractivity contribution >= 4 is 11.8 Å². The first kappa shape index (κ1) is 41.6. The number of carbonyl (C=O) groups excluding carboxylic acids is 2. The number of hydrogen-bond donors (Lipinski definition) is 0. The average molecular weight is 563 g/mol. The van der Waals surface area contributed by atoms with E-state index in [0.29, 0.717) is 11.1 Å². The first-order chi connectivity index (χ1) is 16.6. The quantitative estimate of drug-likeness (QED) is 0.374. The SMILES string of the molecule is C.C.C.CC(C)(C)N(C(=O)c1ccc(F)cc1)C(C)(C)C.COc1ccc(C(=O)N(C(C)(C)C)C(C)(C)C)cc1. The molecule has 40 heavy (non-hydrogen) atoms. The van der Waals surface area contributed by atoms with Crippen LogP contribution in [-0.4, -0.2) is 50.9 Å². The minimum atomic E-state index is -0.329. The highest BCUT2D eigenvalue weighted by Gasteiger charge is 2.37. The van der Waals surface area contributed by atoms with Crippen molar-refractivity contribution in [1.29, 1.82) is 0 Å². The highest BCUT2D eigenvalue weighted by molar-refractivity contribution is 5.95. The van der Waals surface area contributed by atoms with Crippen molar-refractivity contribution < 1.29 is 18.7 Å². The van der Waals surface area contributed by atoms with Gasteiger partial charge in [0.05, 0.1) is 7.11 Å². The second-order valence-electron chi connectivity index (χ2n) is 13.2. The van der Waals surface area contributed by atoms with Gasteiger partial charge in [0.25, 0.3) is 11.8 Å². The lowest BCUT2D eigenvalue weighted by atomic mass is 9.94. The molecule has 0 N–H and O–H groups in total. The number of nitrogens with zero attached hydrogens (tertiary/aromatic N) is 2. The van der Waals surface area contributed by atoms with Crippen LogP contribution in [-0.2, 0) is 0 Å². The summed E-state index contributed by atoms with van der Waals surface area (Å²) in [5.41, 5.74) is 0.171. The number of ether oxygens (including phenoxy) is 1. The van der Waals surface area contributed by atoms with E-state index in [1.54, 1.807) is 7.11 Å². The molecule has 0 aliphatic carbocycles. The van der Waals surface area contributed by atoms with Crippen molar-refractivity contribution in [3.05, 3.63) is 65.5 Å². The van der Waals surface area contributed by atoms with Crippen LogP contribution in [0, 0.1) is 5.82 Å². The van der Waals surface area contributed by atoms with E-state index in [9.17, 15) is 14.0 Å². The Morgan fingerprint density at radius 1 is 0.550 bits per heavy atom. The Balaban J connectivity index is -0.000000637. The highest BCUT2D eigenvalue weighted by atomic mass is 19.1. The summed E-state index contributed by atoms with van der Waals surface area (Å²) in [4.78, 5) is 29.0. The summed E-state index contributed by atoms with van der Waals surface area (Å²) >= 11 is 0. The van der Waals surface area contributed by atoms with E-state index in [1.165, 1.54) is 24.3 Å². The minimum Gasteiger partial charge on any atom is -0.497 e. The molecule has 2 amide bonds. The van der Waals surface area contributed by atoms with Crippen LogP contribution in [0.1, 0.15) is 126 Å². The normalized spacial score (nSPS) is 11.3. The van der Waals surface area contributed by atoms with Gasteiger partial charge in [-0.05, 0) is 132 Å². The third-order valence-electron chi connectivity index (χ3n) is 5.52. The Bertz CT molecular complexity index is 1010. The summed E-state index contributed by atoms with van der Waals surface area (Å²) in [5.74, 6) is 0.400. The van der Waals surface area contributed by atoms with Gasteiger partial charge >= 0.3 is 0 Å². The fourth-order valence-electron chi connectivity index (χ4n) is 4.82. The van der Waals surface area contributed by atoms with Crippen molar-refractivity contribution in [2.24, 2.45) is 0 Å². The molecule has 230 valence electrons. The molecule has 0 heterocycles. The molecule has 0 aromatic heterocycles. The molecule has 2 aromatic rings. The van der Waals surface area contributed by atoms with E-state index in [0.717, 1.165) is 5.75 Å². The van der Waals surface area contributed by atoms with E-state index < -0.39 is 0 Å². The van der Waals surface area contributed by atoms with Crippen LogP contribution in [0.2, 0.25) is 0 Å². The molecule has 2 rings (SSSR count). The molecule has 0 atom stereocenters. The van der Waals surface area contributed by atoms with Gasteiger partial charge in [-0.15, -0.1) is 0 Å². The van der Waals surface area contributed by atoms with Gasteiger partial charge < -0.3 is 14.5 Å². The van der Waals surface area contributed by atoms with Crippen LogP contribution in [0.15, 0.2) is 48.5 Å². The van der Waals surface area contributed by atoms with Crippen LogP contribution in [0.5, 0.6) is 5.75 Å². The van der Waals surface area contributed by atoms with Crippen LogP contribution in [0.3, 0.4) is 0 Å². The van der Waals surface area contributed by atoms with E-state index in [2.05, 4.69) is 41.5 Å². The molecule has 0 radical (unpaired) electrons. The number of halogens is 1. The molecule has 0 unspecified atom stereocenters. The topological polar surface area (TPSA) is 49.9 Å². The summed E-state index contributed by atoms with van der Waals surface area (Å²) in [6, 6.07) is 12.9. The fraction of sp³-hybridized carbons (Fsp3) is 0.588. The summed E-state index contributed by atoms with van der Waals surface area (Å²) in [7, 11) is 1.62. The zero-order valence-corrected chi connectivity index (χ0v) is 25.1. The number of rotatable bonds is 3. The van der Waals surface area contributed by atoms with Gasteiger partial charge in [0.1, 0.15) is 11.6 Å². The van der Waals surface area contributed by atoms with E-state index in [-0.39, 0.29) is 62.1 Å². The predicted octanol–water partition coefficient (Wildman–Crippen LogP) is 9.51. The second kappa shape index (κ2) is 15.2. The molecule has 0 fully saturated rings. The molecular weight excluding hydrogens is 503 g/mol. The predicted molar refractivity (Wildman–Crippen MR) is 171 cm³/mol. The van der Waals surface area contributed by atoms with Gasteiger partial charge in [-0.3, -0.25) is 9.59 Å². The van der Waals surface area contributed by atoms with Crippen molar-refractivity contribution in [2.45, 2.75) is 128 Å². The monoisotopic (exact) mass is 562 g/mol. The zero-order valence-electron chi connectivity index (χ0n) is 25.1. The summed E-state index contributed by atoms with van der Waals surface area (Å²) in [6.07, 6.45) is 0. The van der Waals surface area contributed by atoms with Crippen molar-refractivity contribution in [1.82, 2.24) is 9.80 Å². The minimum absolute atomic E-state index is 0. The molecule has 6 heteroatoms. The molecule has 0 aliphatic rings. The lowest BCUT2D eigenvalue weighted by Crippen LogP contribution is -2.55. The average Bonchev–Trinajstić information content (AvgIpc) is 2.70. The van der Waals surface area contributed by atoms with Gasteiger partial charge in [0, 0.05) is 33.3 Å². The Kier molecular flexibility index (Phi) is 15.8. The molecule has 2 aromatic carbocycles. The second-order valence-corrected chi connectivity index (χ2v) is 13.2. The third kappa shape index (κ3) is 11.7. The van der Waals surface area contributed by atoms with E-state index in [1.807, 2.05) is 75.6 Å². The van der Waals surface area contributed by atoms with Crippen molar-refractivity contribution in [2.75, 3.05) is 7.11 Å². The lowest BCUT2D eigenvalue weighted by molar-refractivity contribution is 0.0258. The first-order valence-electron chi connectivity index (χ1n) is 12.7. The lowest BCUT2D eigenvalue weighted by Gasteiger charge is -2.45. The smallest absolute Gasteiger partial charge is 0.254 e. The number of carbonyl (C=O) groups is 2. The zero-order chi connectivity index (χ0) is 29.0. The largest absolute Gasteiger partial charge is 0.497 e. The maximum atomic E-state index is 12.9. The van der Waals surface area contributed by atoms with E-state index >= 15 is 0 Å². The van der Waals surface area contributed by atoms with E-state index in [4.69, 9.17) is 4.74 Å². The first-order valence-corrected chi connectivity index (χ1v) is 12.7. The Morgan fingerprint density at radius 2 is 0.800 bits per heavy atom. The number of methoxy groups -OCH3 is 1.